The topological polar surface area (TPSA) is 248 Å². The number of carboxylic acid groups (broad SMARTS) is 1. The van der Waals surface area contributed by atoms with E-state index >= 15 is 0 Å². The molecule has 256 valence electrons. The van der Waals surface area contributed by atoms with Gasteiger partial charge in [-0.3, -0.25) is 10.3 Å². The van der Waals surface area contributed by atoms with Crippen molar-refractivity contribution < 1.29 is 63.7 Å². The third-order valence-corrected chi connectivity index (χ3v) is 7.64. The van der Waals surface area contributed by atoms with Crippen LogP contribution in [-0.4, -0.2) is 135 Å². The van der Waals surface area contributed by atoms with Crippen molar-refractivity contribution in [2.45, 2.75) is 37.0 Å². The predicted octanol–water partition coefficient (Wildman–Crippen LogP) is -3.96. The number of carbonyl (C=O) groups excluding carboxylic acids is 1. The van der Waals surface area contributed by atoms with E-state index in [4.69, 9.17) is 29.4 Å². The first kappa shape index (κ1) is 36.8. The fourth-order valence-corrected chi connectivity index (χ4v) is 5.26. The standard InChI is InChI=1S/C29H43N5O12/c1-5-16-17(7-6-15-10-34(8-9-35)11-18(25(39)40)21(15)33-29(30)32-3)19(26(41)42-4)13-43-27(16)46-28-24(44-14-31-2)23(38)22(37)20(12-36)45-28/h5-7,11,13,16-17,20,22-24,27-28,31,35-38H,1,8-10,12,14H2,2-4H3,(H,39,40)(H3,30,32,33)/p+1/b7-6+/t16-,17+,20-,22-,23+,24-,27+,28+/m1/s1. The van der Waals surface area contributed by atoms with Gasteiger partial charge in [-0.1, -0.05) is 18.2 Å². The average Bonchev–Trinajstić information content (AvgIpc) is 3.05. The number of rotatable bonds is 14. The van der Waals surface area contributed by atoms with Gasteiger partial charge in [0.25, 0.3) is 0 Å². The van der Waals surface area contributed by atoms with Crippen LogP contribution in [0.5, 0.6) is 0 Å². The first-order valence-electron chi connectivity index (χ1n) is 14.5. The summed E-state index contributed by atoms with van der Waals surface area (Å²) in [6.45, 7) is 3.52. The number of hydrogen-bond donors (Lipinski definition) is 9. The molecule has 9 atom stereocenters. The molecule has 0 amide bonds. The van der Waals surface area contributed by atoms with Crippen molar-refractivity contribution in [2.75, 3.05) is 54.2 Å². The molecule has 3 rings (SSSR count). The lowest BCUT2D eigenvalue weighted by atomic mass is 9.83. The van der Waals surface area contributed by atoms with Gasteiger partial charge in [0.1, 0.15) is 49.3 Å². The van der Waals surface area contributed by atoms with Crippen molar-refractivity contribution in [3.8, 4) is 0 Å². The van der Waals surface area contributed by atoms with Crippen LogP contribution < -0.4 is 21.3 Å². The van der Waals surface area contributed by atoms with E-state index in [1.165, 1.54) is 26.4 Å². The molecule has 1 saturated heterocycles. The fraction of sp³-hybridized carbons (Fsp3) is 0.552. The number of aliphatic hydroxyl groups excluding tert-OH is 4. The number of ether oxygens (including phenoxy) is 5. The van der Waals surface area contributed by atoms with E-state index < -0.39 is 67.4 Å². The number of nitrogens with two attached hydrogens (primary N) is 1. The third-order valence-electron chi connectivity index (χ3n) is 7.64. The highest BCUT2D eigenvalue weighted by Crippen LogP contribution is 2.37. The van der Waals surface area contributed by atoms with E-state index in [1.807, 2.05) is 0 Å². The van der Waals surface area contributed by atoms with E-state index in [9.17, 15) is 35.1 Å². The van der Waals surface area contributed by atoms with Crippen LogP contribution in [0.4, 0.5) is 0 Å². The quantitative estimate of drug-likeness (QED) is 0.0285. The van der Waals surface area contributed by atoms with Crippen molar-refractivity contribution in [3.05, 3.63) is 59.7 Å². The molecule has 0 spiro atoms. The summed E-state index contributed by atoms with van der Waals surface area (Å²) in [6.07, 6.45) is -0.494. The van der Waals surface area contributed by atoms with Gasteiger partial charge in [-0.25, -0.2) is 9.59 Å². The minimum atomic E-state index is -1.49. The Labute approximate surface area is 265 Å². The highest BCUT2D eigenvalue weighted by atomic mass is 16.8. The van der Waals surface area contributed by atoms with E-state index in [0.29, 0.717) is 10.5 Å². The van der Waals surface area contributed by atoms with Crippen LogP contribution in [0.15, 0.2) is 64.7 Å². The molecule has 0 aromatic heterocycles. The molecule has 0 aliphatic carbocycles. The number of nitrogens with zero attached hydrogens (tertiary/aromatic N) is 1. The zero-order chi connectivity index (χ0) is 34.0. The average molecular weight is 655 g/mol. The lowest BCUT2D eigenvalue weighted by Crippen LogP contribution is -3.09. The van der Waals surface area contributed by atoms with Gasteiger partial charge < -0.3 is 65.2 Å². The maximum Gasteiger partial charge on any atom is 0.343 e. The summed E-state index contributed by atoms with van der Waals surface area (Å²) < 4.78 is 28.2. The van der Waals surface area contributed by atoms with Crippen molar-refractivity contribution in [1.29, 1.82) is 0 Å². The van der Waals surface area contributed by atoms with Crippen molar-refractivity contribution in [1.82, 2.24) is 10.6 Å². The molecule has 3 aliphatic heterocycles. The zero-order valence-electron chi connectivity index (χ0n) is 25.9. The molecular formula is C29H44N5O12+. The third kappa shape index (κ3) is 8.58. The van der Waals surface area contributed by atoms with Gasteiger partial charge in [0.05, 0.1) is 50.5 Å². The summed E-state index contributed by atoms with van der Waals surface area (Å²) in [6, 6.07) is 0. The SMILES string of the molecule is C=C[C@H]1[C@H](O[C@@H]2O[C@H](CO)[C@@H](O)[C@H](O)[C@H]2OCNC)OC=C(C(=O)OC)[C@H]1/C=C/C1=C(NC(N)=NC)C(C(=O)O)=C[NH+](CCO)C1. The number of methoxy groups -OCH3 is 1. The normalized spacial score (nSPS) is 32.0. The monoisotopic (exact) mass is 654 g/mol. The number of aliphatic imine (C=N–C) groups is 1. The lowest BCUT2D eigenvalue weighted by molar-refractivity contribution is -0.843. The number of hydrogen-bond acceptors (Lipinski definition) is 13. The number of aliphatic hydroxyl groups is 4. The van der Waals surface area contributed by atoms with Gasteiger partial charge in [0, 0.05) is 18.5 Å². The number of allylic oxidation sites excluding steroid dienone is 1. The summed E-state index contributed by atoms with van der Waals surface area (Å²) >= 11 is 0. The first-order chi connectivity index (χ1) is 22.0. The Kier molecular flexibility index (Phi) is 13.9. The van der Waals surface area contributed by atoms with Gasteiger partial charge >= 0.3 is 11.9 Å². The molecule has 0 aromatic rings. The Balaban J connectivity index is 2.04. The molecule has 3 aliphatic rings. The number of guanidine groups is 1. The van der Waals surface area contributed by atoms with Crippen LogP contribution >= 0.6 is 0 Å². The van der Waals surface area contributed by atoms with E-state index in [-0.39, 0.29) is 49.2 Å². The maximum atomic E-state index is 12.8. The summed E-state index contributed by atoms with van der Waals surface area (Å²) in [5.41, 5.74) is 6.54. The largest absolute Gasteiger partial charge is 0.477 e. The molecule has 3 heterocycles. The minimum Gasteiger partial charge on any atom is -0.477 e. The van der Waals surface area contributed by atoms with Gasteiger partial charge in [0.2, 0.25) is 6.29 Å². The lowest BCUT2D eigenvalue weighted by Gasteiger charge is -2.44. The van der Waals surface area contributed by atoms with Crippen molar-refractivity contribution in [3.63, 3.8) is 0 Å². The Morgan fingerprint density at radius 3 is 2.59 bits per heavy atom. The molecule has 0 bridgehead atoms. The van der Waals surface area contributed by atoms with Crippen LogP contribution in [0.2, 0.25) is 0 Å². The molecule has 17 heteroatoms. The zero-order valence-corrected chi connectivity index (χ0v) is 25.9. The van der Waals surface area contributed by atoms with Crippen LogP contribution in [-0.2, 0) is 33.3 Å². The Bertz CT molecular complexity index is 1250. The maximum absolute atomic E-state index is 12.8. The number of nitrogens with one attached hydrogen (secondary N) is 3. The molecule has 46 heavy (non-hydrogen) atoms. The smallest absolute Gasteiger partial charge is 0.343 e. The highest BCUT2D eigenvalue weighted by Gasteiger charge is 2.48. The van der Waals surface area contributed by atoms with Gasteiger partial charge in [-0.2, -0.15) is 0 Å². The van der Waals surface area contributed by atoms with Crippen LogP contribution in [0.1, 0.15) is 0 Å². The van der Waals surface area contributed by atoms with Gasteiger partial charge in [0.15, 0.2) is 12.2 Å². The fourth-order valence-electron chi connectivity index (χ4n) is 5.26. The second-order valence-electron chi connectivity index (χ2n) is 10.5. The number of carboxylic acids is 1. The number of aliphatic carboxylic acids is 1. The number of carbonyl (C=O) groups is 2. The summed E-state index contributed by atoms with van der Waals surface area (Å²) in [4.78, 5) is 29.6. The molecule has 17 nitrogen and oxygen atoms in total. The highest BCUT2D eigenvalue weighted by molar-refractivity contribution is 5.94. The van der Waals surface area contributed by atoms with Gasteiger partial charge in [-0.05, 0) is 7.05 Å². The van der Waals surface area contributed by atoms with Crippen LogP contribution in [0.3, 0.4) is 0 Å². The summed E-state index contributed by atoms with van der Waals surface area (Å²) in [7, 11) is 4.25. The molecule has 0 aromatic carbocycles. The molecule has 10 N–H and O–H groups in total. The van der Waals surface area contributed by atoms with Crippen LogP contribution in [0.25, 0.3) is 0 Å². The summed E-state index contributed by atoms with van der Waals surface area (Å²) in [5, 5.41) is 55.9. The van der Waals surface area contributed by atoms with Crippen LogP contribution in [0, 0.1) is 11.8 Å². The number of quaternary nitrogens is 1. The van der Waals surface area contributed by atoms with E-state index in [1.54, 1.807) is 19.2 Å². The Morgan fingerprint density at radius 1 is 1.26 bits per heavy atom. The number of esters is 1. The summed E-state index contributed by atoms with van der Waals surface area (Å²) in [5.74, 6) is -3.58. The second kappa shape index (κ2) is 17.3. The Hall–Kier alpha value is -3.65. The molecule has 1 unspecified atom stereocenters. The molecule has 0 radical (unpaired) electrons. The molecular weight excluding hydrogens is 610 g/mol. The minimum absolute atomic E-state index is 0.0313. The second-order valence-corrected chi connectivity index (χ2v) is 10.5. The van der Waals surface area contributed by atoms with Crippen molar-refractivity contribution >= 4 is 17.9 Å². The van der Waals surface area contributed by atoms with E-state index in [0.717, 1.165) is 6.26 Å². The van der Waals surface area contributed by atoms with E-state index in [2.05, 4.69) is 22.2 Å². The van der Waals surface area contributed by atoms with Crippen molar-refractivity contribution in [2.24, 2.45) is 22.6 Å². The predicted molar refractivity (Wildman–Crippen MR) is 160 cm³/mol. The molecule has 1 fully saturated rings. The first-order valence-corrected chi connectivity index (χ1v) is 14.5. The van der Waals surface area contributed by atoms with Gasteiger partial charge in [-0.15, -0.1) is 6.58 Å². The Morgan fingerprint density at radius 2 is 2.00 bits per heavy atom. The molecule has 0 saturated carbocycles.